The Bertz CT molecular complexity index is 300. The molecule has 0 spiro atoms. The zero-order valence-electron chi connectivity index (χ0n) is 7.49. The molecular weight excluding hydrogens is 238 g/mol. The van der Waals surface area contributed by atoms with Crippen LogP contribution < -0.4 is 10.5 Å². The van der Waals surface area contributed by atoms with E-state index in [0.717, 1.165) is 0 Å². The van der Waals surface area contributed by atoms with E-state index >= 15 is 0 Å². The van der Waals surface area contributed by atoms with E-state index < -0.39 is 6.10 Å². The minimum atomic E-state index is -0.752. The normalized spacial score (nSPS) is 13.0. The van der Waals surface area contributed by atoms with Crippen molar-refractivity contribution in [1.29, 1.82) is 0 Å². The van der Waals surface area contributed by atoms with Crippen molar-refractivity contribution in [2.24, 2.45) is 12.8 Å². The van der Waals surface area contributed by atoms with Gasteiger partial charge in [0, 0.05) is 13.6 Å². The van der Waals surface area contributed by atoms with Gasteiger partial charge < -0.3 is 15.6 Å². The number of aryl methyl sites for hydroxylation is 1. The third-order valence-electron chi connectivity index (χ3n) is 1.73. The number of ether oxygens (including phenoxy) is 1. The average molecular weight is 250 g/mol. The van der Waals surface area contributed by atoms with Crippen molar-refractivity contribution in [2.45, 2.75) is 6.10 Å². The van der Waals surface area contributed by atoms with E-state index in [1.807, 2.05) is 0 Å². The minimum Gasteiger partial charge on any atom is -0.480 e. The van der Waals surface area contributed by atoms with E-state index in [9.17, 15) is 5.11 Å². The molecule has 0 bridgehead atoms. The van der Waals surface area contributed by atoms with Gasteiger partial charge in [-0.05, 0) is 15.9 Å². The third kappa shape index (κ3) is 1.84. The Morgan fingerprint density at radius 2 is 2.38 bits per heavy atom. The van der Waals surface area contributed by atoms with E-state index in [-0.39, 0.29) is 6.54 Å². The molecule has 0 aliphatic rings. The lowest BCUT2D eigenvalue weighted by molar-refractivity contribution is 0.181. The maximum atomic E-state index is 9.55. The Morgan fingerprint density at radius 1 is 1.77 bits per heavy atom. The van der Waals surface area contributed by atoms with Gasteiger partial charge in [0.1, 0.15) is 4.60 Å². The number of nitrogens with two attached hydrogens (primary N) is 1. The molecule has 0 saturated heterocycles. The number of rotatable bonds is 3. The van der Waals surface area contributed by atoms with Crippen LogP contribution in [0, 0.1) is 0 Å². The molecule has 3 N–H and O–H groups in total. The van der Waals surface area contributed by atoms with E-state index in [1.54, 1.807) is 11.7 Å². The van der Waals surface area contributed by atoms with Crippen LogP contribution in [0.25, 0.3) is 0 Å². The van der Waals surface area contributed by atoms with Gasteiger partial charge in [0.05, 0.1) is 18.8 Å². The Kier molecular flexibility index (Phi) is 3.29. The number of hydrogen-bond acceptors (Lipinski definition) is 4. The number of aromatic nitrogens is 2. The van der Waals surface area contributed by atoms with Crippen LogP contribution in [0.2, 0.25) is 0 Å². The van der Waals surface area contributed by atoms with E-state index in [4.69, 9.17) is 10.5 Å². The van der Waals surface area contributed by atoms with Crippen molar-refractivity contribution in [3.05, 3.63) is 10.2 Å². The quantitative estimate of drug-likeness (QED) is 0.802. The van der Waals surface area contributed by atoms with Gasteiger partial charge in [0.2, 0.25) is 5.88 Å². The monoisotopic (exact) mass is 249 g/mol. The Labute approximate surface area is 84.6 Å². The second-order valence-corrected chi connectivity index (χ2v) is 3.34. The molecule has 6 heteroatoms. The van der Waals surface area contributed by atoms with Gasteiger partial charge >= 0.3 is 0 Å². The topological polar surface area (TPSA) is 73.3 Å². The smallest absolute Gasteiger partial charge is 0.239 e. The van der Waals surface area contributed by atoms with Crippen LogP contribution in [0.4, 0.5) is 0 Å². The summed E-state index contributed by atoms with van der Waals surface area (Å²) in [6, 6.07) is 0. The van der Waals surface area contributed by atoms with Gasteiger partial charge in [-0.15, -0.1) is 5.10 Å². The molecule has 1 aromatic heterocycles. The average Bonchev–Trinajstić information content (AvgIpc) is 2.42. The van der Waals surface area contributed by atoms with Crippen molar-refractivity contribution < 1.29 is 9.84 Å². The lowest BCUT2D eigenvalue weighted by Gasteiger charge is -2.07. The van der Waals surface area contributed by atoms with Crippen molar-refractivity contribution in [2.75, 3.05) is 13.7 Å². The molecule has 1 atom stereocenters. The SMILES string of the molecule is COc1nn(C)c(Br)c1C(O)CN. The molecule has 0 radical (unpaired) electrons. The van der Waals surface area contributed by atoms with E-state index in [0.29, 0.717) is 16.0 Å². The lowest BCUT2D eigenvalue weighted by atomic mass is 10.2. The molecule has 0 fully saturated rings. The molecule has 0 amide bonds. The predicted octanol–water partition coefficient (Wildman–Crippen LogP) is 0.183. The fourth-order valence-corrected chi connectivity index (χ4v) is 1.56. The number of methoxy groups -OCH3 is 1. The first-order valence-corrected chi connectivity index (χ1v) is 4.55. The van der Waals surface area contributed by atoms with Gasteiger partial charge in [0.15, 0.2) is 0 Å². The molecule has 1 unspecified atom stereocenters. The summed E-state index contributed by atoms with van der Waals surface area (Å²) in [5.41, 5.74) is 5.93. The Morgan fingerprint density at radius 3 is 2.85 bits per heavy atom. The Balaban J connectivity index is 3.15. The number of aliphatic hydroxyl groups excluding tert-OH is 1. The summed E-state index contributed by atoms with van der Waals surface area (Å²) in [6.07, 6.45) is -0.752. The highest BCUT2D eigenvalue weighted by atomic mass is 79.9. The van der Waals surface area contributed by atoms with Gasteiger partial charge in [-0.3, -0.25) is 4.68 Å². The summed E-state index contributed by atoms with van der Waals surface area (Å²) in [7, 11) is 3.25. The van der Waals surface area contributed by atoms with Crippen LogP contribution in [0.1, 0.15) is 11.7 Å². The van der Waals surface area contributed by atoms with Crippen molar-refractivity contribution >= 4 is 15.9 Å². The summed E-state index contributed by atoms with van der Waals surface area (Å²) >= 11 is 3.29. The molecule has 0 aliphatic carbocycles. The van der Waals surface area contributed by atoms with Crippen molar-refractivity contribution in [3.63, 3.8) is 0 Å². The van der Waals surface area contributed by atoms with Gasteiger partial charge in [-0.2, -0.15) is 0 Å². The first kappa shape index (κ1) is 10.5. The standard InChI is InChI=1S/C7H12BrN3O2/c1-11-6(8)5(4(12)3-9)7(10-11)13-2/h4,12H,3,9H2,1-2H3. The zero-order valence-corrected chi connectivity index (χ0v) is 9.08. The van der Waals surface area contributed by atoms with Gasteiger partial charge in [-0.25, -0.2) is 0 Å². The molecule has 0 saturated carbocycles. The summed E-state index contributed by atoms with van der Waals surface area (Å²) in [5, 5.41) is 13.6. The largest absolute Gasteiger partial charge is 0.480 e. The number of aliphatic hydroxyl groups is 1. The zero-order chi connectivity index (χ0) is 10.0. The van der Waals surface area contributed by atoms with Crippen LogP contribution >= 0.6 is 15.9 Å². The van der Waals surface area contributed by atoms with Crippen molar-refractivity contribution in [3.8, 4) is 5.88 Å². The van der Waals surface area contributed by atoms with E-state index in [2.05, 4.69) is 21.0 Å². The summed E-state index contributed by atoms with van der Waals surface area (Å²) in [5.74, 6) is 0.396. The molecular formula is C7H12BrN3O2. The molecule has 0 aromatic carbocycles. The first-order chi connectivity index (χ1) is 6.11. The van der Waals surface area contributed by atoms with Crippen LogP contribution in [0.5, 0.6) is 5.88 Å². The Hall–Kier alpha value is -0.590. The van der Waals surface area contributed by atoms with Crippen LogP contribution in [-0.2, 0) is 7.05 Å². The number of halogens is 1. The maximum absolute atomic E-state index is 9.55. The van der Waals surface area contributed by atoms with Crippen LogP contribution in [0.3, 0.4) is 0 Å². The van der Waals surface area contributed by atoms with E-state index in [1.165, 1.54) is 7.11 Å². The molecule has 1 heterocycles. The third-order valence-corrected chi connectivity index (χ3v) is 2.67. The van der Waals surface area contributed by atoms with Crippen molar-refractivity contribution in [1.82, 2.24) is 9.78 Å². The van der Waals surface area contributed by atoms with Crippen LogP contribution in [-0.4, -0.2) is 28.5 Å². The fourth-order valence-electron chi connectivity index (χ4n) is 1.05. The number of hydrogen-bond donors (Lipinski definition) is 2. The maximum Gasteiger partial charge on any atom is 0.239 e. The van der Waals surface area contributed by atoms with Gasteiger partial charge in [0.25, 0.3) is 0 Å². The molecule has 74 valence electrons. The highest BCUT2D eigenvalue weighted by molar-refractivity contribution is 9.10. The minimum absolute atomic E-state index is 0.140. The number of nitrogens with zero attached hydrogens (tertiary/aromatic N) is 2. The summed E-state index contributed by atoms with van der Waals surface area (Å²) < 4.78 is 7.25. The highest BCUT2D eigenvalue weighted by Gasteiger charge is 2.20. The second-order valence-electron chi connectivity index (χ2n) is 2.59. The summed E-state index contributed by atoms with van der Waals surface area (Å²) in [4.78, 5) is 0. The van der Waals surface area contributed by atoms with Gasteiger partial charge in [-0.1, -0.05) is 0 Å². The molecule has 13 heavy (non-hydrogen) atoms. The first-order valence-electron chi connectivity index (χ1n) is 3.76. The predicted molar refractivity (Wildman–Crippen MR) is 51.5 cm³/mol. The fraction of sp³-hybridized carbons (Fsp3) is 0.571. The highest BCUT2D eigenvalue weighted by Crippen LogP contribution is 2.30. The second kappa shape index (κ2) is 4.08. The molecule has 1 aromatic rings. The lowest BCUT2D eigenvalue weighted by Crippen LogP contribution is -2.12. The summed E-state index contributed by atoms with van der Waals surface area (Å²) in [6.45, 7) is 0.140. The van der Waals surface area contributed by atoms with Crippen LogP contribution in [0.15, 0.2) is 4.60 Å². The molecule has 1 rings (SSSR count). The molecule has 5 nitrogen and oxygen atoms in total. The molecule has 0 aliphatic heterocycles.